The van der Waals surface area contributed by atoms with Crippen LogP contribution in [0.15, 0.2) is 65.5 Å². The lowest BCUT2D eigenvalue weighted by molar-refractivity contribution is -0.139. The molecule has 0 bridgehead atoms. The lowest BCUT2D eigenvalue weighted by atomic mass is 10.1. The third kappa shape index (κ3) is 4.05. The molecule has 5 nitrogen and oxygen atoms in total. The topological polar surface area (TPSA) is 78.0 Å². The van der Waals surface area contributed by atoms with E-state index in [0.29, 0.717) is 11.1 Å². The van der Waals surface area contributed by atoms with Crippen molar-refractivity contribution in [2.24, 2.45) is 5.73 Å². The average Bonchev–Trinajstić information content (AvgIpc) is 2.63. The Morgan fingerprint density at radius 2 is 1.67 bits per heavy atom. The number of carbonyl (C=O) groups is 1. The van der Waals surface area contributed by atoms with Crippen molar-refractivity contribution in [3.8, 4) is 11.3 Å². The SMILES string of the molecule is NC(=O)c1ccc(Cn2nc(-c3ccccc3)cc(C(F)(F)F)c2=O)cc1. The van der Waals surface area contributed by atoms with Gasteiger partial charge in [-0.2, -0.15) is 18.3 Å². The molecule has 0 spiro atoms. The molecule has 0 saturated heterocycles. The second-order valence-electron chi connectivity index (χ2n) is 5.83. The second kappa shape index (κ2) is 7.06. The molecule has 0 atom stereocenters. The Morgan fingerprint density at radius 3 is 2.22 bits per heavy atom. The van der Waals surface area contributed by atoms with Crippen LogP contribution in [0.25, 0.3) is 11.3 Å². The van der Waals surface area contributed by atoms with Gasteiger partial charge in [-0.15, -0.1) is 0 Å². The number of primary amides is 1. The number of aromatic nitrogens is 2. The maximum absolute atomic E-state index is 13.3. The summed E-state index contributed by atoms with van der Waals surface area (Å²) in [6.45, 7) is -0.179. The molecule has 0 fully saturated rings. The molecule has 1 aromatic heterocycles. The van der Waals surface area contributed by atoms with Crippen LogP contribution in [0.1, 0.15) is 21.5 Å². The highest BCUT2D eigenvalue weighted by molar-refractivity contribution is 5.92. The van der Waals surface area contributed by atoms with Gasteiger partial charge in [0.25, 0.3) is 5.56 Å². The van der Waals surface area contributed by atoms with Gasteiger partial charge in [-0.05, 0) is 23.8 Å². The van der Waals surface area contributed by atoms with E-state index in [2.05, 4.69) is 5.10 Å². The number of hydrogen-bond acceptors (Lipinski definition) is 3. The summed E-state index contributed by atoms with van der Waals surface area (Å²) in [5.41, 5.74) is 3.90. The van der Waals surface area contributed by atoms with Gasteiger partial charge in [0, 0.05) is 11.1 Å². The number of halogens is 3. The number of amides is 1. The normalized spacial score (nSPS) is 11.4. The van der Waals surface area contributed by atoms with Crippen LogP contribution in [-0.4, -0.2) is 15.7 Å². The van der Waals surface area contributed by atoms with Gasteiger partial charge in [0.1, 0.15) is 5.56 Å². The van der Waals surface area contributed by atoms with Crippen LogP contribution < -0.4 is 11.3 Å². The zero-order chi connectivity index (χ0) is 19.6. The summed E-state index contributed by atoms with van der Waals surface area (Å²) in [6, 6.07) is 14.9. The van der Waals surface area contributed by atoms with Gasteiger partial charge in [-0.25, -0.2) is 4.68 Å². The van der Waals surface area contributed by atoms with E-state index in [-0.39, 0.29) is 17.8 Å². The summed E-state index contributed by atoms with van der Waals surface area (Å²) < 4.78 is 40.7. The number of nitrogens with two attached hydrogens (primary N) is 1. The van der Waals surface area contributed by atoms with E-state index in [4.69, 9.17) is 5.73 Å². The zero-order valence-electron chi connectivity index (χ0n) is 13.9. The minimum absolute atomic E-state index is 0.0382. The summed E-state index contributed by atoms with van der Waals surface area (Å²) >= 11 is 0. The van der Waals surface area contributed by atoms with Gasteiger partial charge in [0.2, 0.25) is 5.91 Å². The number of rotatable bonds is 4. The molecule has 3 rings (SSSR count). The van der Waals surface area contributed by atoms with Crippen LogP contribution in [0.2, 0.25) is 0 Å². The highest BCUT2D eigenvalue weighted by Gasteiger charge is 2.35. The van der Waals surface area contributed by atoms with E-state index < -0.39 is 23.2 Å². The van der Waals surface area contributed by atoms with Crippen molar-refractivity contribution >= 4 is 5.91 Å². The molecule has 0 saturated carbocycles. The van der Waals surface area contributed by atoms with Crippen molar-refractivity contribution in [2.75, 3.05) is 0 Å². The molecule has 1 heterocycles. The van der Waals surface area contributed by atoms with Crippen LogP contribution >= 0.6 is 0 Å². The largest absolute Gasteiger partial charge is 0.421 e. The summed E-state index contributed by atoms with van der Waals surface area (Å²) in [6.07, 6.45) is -4.80. The Bertz CT molecular complexity index is 1030. The smallest absolute Gasteiger partial charge is 0.366 e. The molecule has 0 aliphatic heterocycles. The number of benzene rings is 2. The number of nitrogens with zero attached hydrogens (tertiary/aromatic N) is 2. The van der Waals surface area contributed by atoms with Crippen LogP contribution in [0.5, 0.6) is 0 Å². The Hall–Kier alpha value is -3.42. The third-order valence-electron chi connectivity index (χ3n) is 3.92. The van der Waals surface area contributed by atoms with Crippen molar-refractivity contribution in [3.63, 3.8) is 0 Å². The minimum atomic E-state index is -4.80. The zero-order valence-corrected chi connectivity index (χ0v) is 13.9. The highest BCUT2D eigenvalue weighted by atomic mass is 19.4. The highest BCUT2D eigenvalue weighted by Crippen LogP contribution is 2.29. The summed E-state index contributed by atoms with van der Waals surface area (Å²) in [5, 5.41) is 4.08. The first kappa shape index (κ1) is 18.4. The van der Waals surface area contributed by atoms with Gasteiger partial charge in [0.05, 0.1) is 12.2 Å². The van der Waals surface area contributed by atoms with Crippen LogP contribution in [-0.2, 0) is 12.7 Å². The molecule has 1 amide bonds. The van der Waals surface area contributed by atoms with E-state index in [1.165, 1.54) is 24.3 Å². The van der Waals surface area contributed by atoms with Crippen molar-refractivity contribution in [3.05, 3.63) is 87.7 Å². The monoisotopic (exact) mass is 373 g/mol. The molecule has 2 N–H and O–H groups in total. The van der Waals surface area contributed by atoms with Crippen molar-refractivity contribution < 1.29 is 18.0 Å². The summed E-state index contributed by atoms with van der Waals surface area (Å²) in [7, 11) is 0. The predicted octanol–water partition coefficient (Wildman–Crippen LogP) is 3.08. The maximum atomic E-state index is 13.3. The first-order chi connectivity index (χ1) is 12.8. The van der Waals surface area contributed by atoms with E-state index >= 15 is 0 Å². The lowest BCUT2D eigenvalue weighted by Crippen LogP contribution is -2.31. The fourth-order valence-electron chi connectivity index (χ4n) is 2.55. The fourth-order valence-corrected chi connectivity index (χ4v) is 2.55. The second-order valence-corrected chi connectivity index (χ2v) is 5.83. The number of carbonyl (C=O) groups excluding carboxylic acids is 1. The molecule has 3 aromatic rings. The first-order valence-corrected chi connectivity index (χ1v) is 7.89. The van der Waals surface area contributed by atoms with Gasteiger partial charge in [-0.3, -0.25) is 9.59 Å². The molecular formula is C19H14F3N3O2. The molecule has 0 aliphatic carbocycles. The number of hydrogen-bond donors (Lipinski definition) is 1. The minimum Gasteiger partial charge on any atom is -0.366 e. The Balaban J connectivity index is 2.08. The Morgan fingerprint density at radius 1 is 1.04 bits per heavy atom. The third-order valence-corrected chi connectivity index (χ3v) is 3.92. The van der Waals surface area contributed by atoms with E-state index in [1.54, 1.807) is 30.3 Å². The van der Waals surface area contributed by atoms with Crippen molar-refractivity contribution in [1.29, 1.82) is 0 Å². The standard InChI is InChI=1S/C19H14F3N3O2/c20-19(21,22)15-10-16(13-4-2-1-3-5-13)24-25(18(15)27)11-12-6-8-14(9-7-12)17(23)26/h1-10H,11H2,(H2,23,26). The van der Waals surface area contributed by atoms with Gasteiger partial charge < -0.3 is 5.73 Å². The Labute approximate surface area is 151 Å². The van der Waals surface area contributed by atoms with E-state index in [0.717, 1.165) is 10.7 Å². The Kier molecular flexibility index (Phi) is 4.81. The van der Waals surface area contributed by atoms with E-state index in [9.17, 15) is 22.8 Å². The molecular weight excluding hydrogens is 359 g/mol. The maximum Gasteiger partial charge on any atom is 0.421 e. The molecule has 27 heavy (non-hydrogen) atoms. The summed E-state index contributed by atoms with van der Waals surface area (Å²) in [5.74, 6) is -0.623. The molecule has 138 valence electrons. The number of alkyl halides is 3. The quantitative estimate of drug-likeness (QED) is 0.763. The van der Waals surface area contributed by atoms with Crippen LogP contribution in [0.4, 0.5) is 13.2 Å². The fraction of sp³-hybridized carbons (Fsp3) is 0.105. The van der Waals surface area contributed by atoms with Crippen molar-refractivity contribution in [1.82, 2.24) is 9.78 Å². The van der Waals surface area contributed by atoms with Gasteiger partial charge in [0.15, 0.2) is 0 Å². The molecule has 0 radical (unpaired) electrons. The van der Waals surface area contributed by atoms with Crippen LogP contribution in [0, 0.1) is 0 Å². The summed E-state index contributed by atoms with van der Waals surface area (Å²) in [4.78, 5) is 23.4. The molecule has 8 heteroatoms. The molecule has 0 aliphatic rings. The predicted molar refractivity (Wildman–Crippen MR) is 93.0 cm³/mol. The average molecular weight is 373 g/mol. The van der Waals surface area contributed by atoms with Gasteiger partial charge in [-0.1, -0.05) is 42.5 Å². The lowest BCUT2D eigenvalue weighted by Gasteiger charge is -2.13. The first-order valence-electron chi connectivity index (χ1n) is 7.89. The van der Waals surface area contributed by atoms with Crippen LogP contribution in [0.3, 0.4) is 0 Å². The molecule has 0 unspecified atom stereocenters. The van der Waals surface area contributed by atoms with Gasteiger partial charge >= 0.3 is 6.18 Å². The van der Waals surface area contributed by atoms with E-state index in [1.807, 2.05) is 0 Å². The van der Waals surface area contributed by atoms with Crippen molar-refractivity contribution in [2.45, 2.75) is 12.7 Å². The molecule has 2 aromatic carbocycles.